The molecular weight excluding hydrogens is 277 g/mol. The average Bonchev–Trinajstić information content (AvgIpc) is 2.89. The summed E-state index contributed by atoms with van der Waals surface area (Å²) in [7, 11) is 0. The van der Waals surface area contributed by atoms with E-state index in [1.807, 2.05) is 6.92 Å². The smallest absolute Gasteiger partial charge is 0.123 e. The molecule has 0 spiro atoms. The third kappa shape index (κ3) is 3.16. The average molecular weight is 300 g/mol. The van der Waals surface area contributed by atoms with Crippen molar-refractivity contribution in [2.24, 2.45) is 0 Å². The Morgan fingerprint density at radius 2 is 2.05 bits per heavy atom. The van der Waals surface area contributed by atoms with E-state index >= 15 is 0 Å². The monoisotopic (exact) mass is 299 g/mol. The maximum absolute atomic E-state index is 13.6. The second-order valence-corrected chi connectivity index (χ2v) is 5.77. The molecule has 0 aromatic heterocycles. The van der Waals surface area contributed by atoms with Crippen LogP contribution in [0.3, 0.4) is 0 Å². The molecule has 1 aliphatic rings. The zero-order valence-electron chi connectivity index (χ0n) is 12.2. The lowest BCUT2D eigenvalue weighted by Gasteiger charge is -2.38. The number of likely N-dealkylation sites (N-methyl/N-ethyl adjacent to an activating group) is 1. The normalized spacial score (nSPS) is 19.2. The van der Waals surface area contributed by atoms with E-state index < -0.39 is 0 Å². The molecule has 0 amide bonds. The summed E-state index contributed by atoms with van der Waals surface area (Å²) in [4.78, 5) is 0. The Labute approximate surface area is 125 Å². The first-order valence-corrected chi connectivity index (χ1v) is 7.83. The van der Waals surface area contributed by atoms with Gasteiger partial charge in [0.2, 0.25) is 0 Å². The van der Waals surface area contributed by atoms with Gasteiger partial charge in [-0.15, -0.1) is 0 Å². The molecule has 1 aromatic rings. The second kappa shape index (κ2) is 6.88. The molecule has 0 aliphatic heterocycles. The van der Waals surface area contributed by atoms with Crippen LogP contribution in [-0.2, 0) is 4.74 Å². The van der Waals surface area contributed by atoms with Crippen molar-refractivity contribution in [3.05, 3.63) is 34.6 Å². The van der Waals surface area contributed by atoms with Gasteiger partial charge in [0.1, 0.15) is 5.82 Å². The summed E-state index contributed by atoms with van der Waals surface area (Å²) in [5.74, 6) is -0.253. The lowest BCUT2D eigenvalue weighted by atomic mass is 9.86. The molecule has 1 atom stereocenters. The van der Waals surface area contributed by atoms with Crippen molar-refractivity contribution in [3.63, 3.8) is 0 Å². The molecule has 0 radical (unpaired) electrons. The van der Waals surface area contributed by atoms with E-state index in [9.17, 15) is 4.39 Å². The van der Waals surface area contributed by atoms with E-state index in [4.69, 9.17) is 16.3 Å². The molecule has 2 rings (SSSR count). The van der Waals surface area contributed by atoms with Gasteiger partial charge in [-0.05, 0) is 50.1 Å². The molecule has 20 heavy (non-hydrogen) atoms. The molecule has 2 nitrogen and oxygen atoms in total. The summed E-state index contributed by atoms with van der Waals surface area (Å²) in [6.45, 7) is 5.52. The summed E-state index contributed by atoms with van der Waals surface area (Å²) in [5.41, 5.74) is 0.547. The van der Waals surface area contributed by atoms with Gasteiger partial charge in [0.05, 0.1) is 11.6 Å². The van der Waals surface area contributed by atoms with Crippen molar-refractivity contribution in [3.8, 4) is 0 Å². The van der Waals surface area contributed by atoms with Gasteiger partial charge in [-0.25, -0.2) is 4.39 Å². The Morgan fingerprint density at radius 3 is 2.65 bits per heavy atom. The van der Waals surface area contributed by atoms with Gasteiger partial charge in [-0.3, -0.25) is 0 Å². The molecule has 0 saturated heterocycles. The Hall–Kier alpha value is -0.640. The number of hydrogen-bond donors (Lipinski definition) is 1. The molecule has 0 heterocycles. The van der Waals surface area contributed by atoms with Crippen LogP contribution in [0.15, 0.2) is 18.2 Å². The zero-order chi connectivity index (χ0) is 14.6. The van der Waals surface area contributed by atoms with Crippen molar-refractivity contribution in [1.29, 1.82) is 0 Å². The van der Waals surface area contributed by atoms with E-state index in [2.05, 4.69) is 12.2 Å². The SMILES string of the molecule is CCNC(c1cc(F)ccc1Cl)C1(OCC)CCCC1. The quantitative estimate of drug-likeness (QED) is 0.836. The van der Waals surface area contributed by atoms with Gasteiger partial charge in [0.15, 0.2) is 0 Å². The van der Waals surface area contributed by atoms with Crippen molar-refractivity contribution >= 4 is 11.6 Å². The van der Waals surface area contributed by atoms with Crippen molar-refractivity contribution in [1.82, 2.24) is 5.32 Å². The summed E-state index contributed by atoms with van der Waals surface area (Å²) in [5, 5.41) is 4.06. The van der Waals surface area contributed by atoms with Crippen LogP contribution >= 0.6 is 11.6 Å². The Balaban J connectivity index is 2.40. The number of ether oxygens (including phenoxy) is 1. The van der Waals surface area contributed by atoms with E-state index in [1.165, 1.54) is 12.1 Å². The minimum atomic E-state index is -0.262. The van der Waals surface area contributed by atoms with Crippen molar-refractivity contribution in [2.75, 3.05) is 13.2 Å². The van der Waals surface area contributed by atoms with Crippen molar-refractivity contribution in [2.45, 2.75) is 51.2 Å². The lowest BCUT2D eigenvalue weighted by molar-refractivity contribution is -0.0623. The van der Waals surface area contributed by atoms with Gasteiger partial charge < -0.3 is 10.1 Å². The molecule has 4 heteroatoms. The van der Waals surface area contributed by atoms with Crippen LogP contribution in [0.4, 0.5) is 4.39 Å². The first kappa shape index (κ1) is 15.7. The zero-order valence-corrected chi connectivity index (χ0v) is 13.0. The van der Waals surface area contributed by atoms with Gasteiger partial charge >= 0.3 is 0 Å². The third-order valence-electron chi connectivity index (χ3n) is 4.09. The van der Waals surface area contributed by atoms with E-state index in [0.29, 0.717) is 11.6 Å². The second-order valence-electron chi connectivity index (χ2n) is 5.36. The molecular formula is C16H23ClFNO. The van der Waals surface area contributed by atoms with Gasteiger partial charge in [0.25, 0.3) is 0 Å². The van der Waals surface area contributed by atoms with Crippen LogP contribution in [0.5, 0.6) is 0 Å². The molecule has 112 valence electrons. The van der Waals surface area contributed by atoms with Crippen LogP contribution in [0.2, 0.25) is 5.02 Å². The molecule has 1 fully saturated rings. The number of hydrogen-bond acceptors (Lipinski definition) is 2. The summed E-state index contributed by atoms with van der Waals surface area (Å²) >= 11 is 6.31. The highest BCUT2D eigenvalue weighted by atomic mass is 35.5. The first-order valence-electron chi connectivity index (χ1n) is 7.45. The molecule has 1 saturated carbocycles. The molecule has 0 bridgehead atoms. The summed E-state index contributed by atoms with van der Waals surface area (Å²) < 4.78 is 19.7. The lowest BCUT2D eigenvalue weighted by Crippen LogP contribution is -2.44. The number of rotatable bonds is 6. The van der Waals surface area contributed by atoms with Crippen LogP contribution in [0, 0.1) is 5.82 Å². The fourth-order valence-electron chi connectivity index (χ4n) is 3.30. The highest BCUT2D eigenvalue weighted by Crippen LogP contribution is 2.44. The maximum atomic E-state index is 13.6. The highest BCUT2D eigenvalue weighted by Gasteiger charge is 2.43. The number of nitrogens with one attached hydrogen (secondary N) is 1. The molecule has 1 N–H and O–H groups in total. The molecule has 1 unspecified atom stereocenters. The summed E-state index contributed by atoms with van der Waals surface area (Å²) in [6, 6.07) is 4.51. The maximum Gasteiger partial charge on any atom is 0.123 e. The van der Waals surface area contributed by atoms with Gasteiger partial charge in [-0.1, -0.05) is 31.4 Å². The Bertz CT molecular complexity index is 446. The minimum Gasteiger partial charge on any atom is -0.373 e. The largest absolute Gasteiger partial charge is 0.373 e. The third-order valence-corrected chi connectivity index (χ3v) is 4.43. The van der Waals surface area contributed by atoms with E-state index in [1.54, 1.807) is 6.07 Å². The van der Waals surface area contributed by atoms with Crippen LogP contribution < -0.4 is 5.32 Å². The minimum absolute atomic E-state index is 0.0573. The number of benzene rings is 1. The topological polar surface area (TPSA) is 21.3 Å². The van der Waals surface area contributed by atoms with E-state index in [-0.39, 0.29) is 17.5 Å². The van der Waals surface area contributed by atoms with Gasteiger partial charge in [-0.2, -0.15) is 0 Å². The molecule has 1 aromatic carbocycles. The van der Waals surface area contributed by atoms with Gasteiger partial charge in [0, 0.05) is 11.6 Å². The summed E-state index contributed by atoms with van der Waals surface area (Å²) in [6.07, 6.45) is 4.28. The standard InChI is InChI=1S/C16H23ClFNO/c1-3-19-15(13-11-12(18)7-8-14(13)17)16(20-4-2)9-5-6-10-16/h7-8,11,15,19H,3-6,9-10H2,1-2H3. The fourth-order valence-corrected chi connectivity index (χ4v) is 3.52. The fraction of sp³-hybridized carbons (Fsp3) is 0.625. The Kier molecular flexibility index (Phi) is 5.42. The molecule has 1 aliphatic carbocycles. The predicted molar refractivity (Wildman–Crippen MR) is 80.7 cm³/mol. The van der Waals surface area contributed by atoms with Crippen LogP contribution in [-0.4, -0.2) is 18.8 Å². The predicted octanol–water partition coefficient (Wildman–Crippen LogP) is 4.48. The first-order chi connectivity index (χ1) is 9.63. The highest BCUT2D eigenvalue weighted by molar-refractivity contribution is 6.31. The van der Waals surface area contributed by atoms with Crippen LogP contribution in [0.25, 0.3) is 0 Å². The van der Waals surface area contributed by atoms with Crippen molar-refractivity contribution < 1.29 is 9.13 Å². The number of halogens is 2. The van der Waals surface area contributed by atoms with Crippen LogP contribution in [0.1, 0.15) is 51.1 Å². The van der Waals surface area contributed by atoms with E-state index in [0.717, 1.165) is 37.8 Å². The Morgan fingerprint density at radius 1 is 1.35 bits per heavy atom.